The van der Waals surface area contributed by atoms with Gasteiger partial charge in [-0.15, -0.1) is 12.4 Å². The molecule has 26 heavy (non-hydrogen) atoms. The van der Waals surface area contributed by atoms with Gasteiger partial charge in [-0.05, 0) is 24.6 Å². The molecule has 0 spiro atoms. The van der Waals surface area contributed by atoms with Crippen molar-refractivity contribution in [3.05, 3.63) is 59.7 Å². The zero-order chi connectivity index (χ0) is 18.4. The summed E-state index contributed by atoms with van der Waals surface area (Å²) in [5.41, 5.74) is 8.42. The highest BCUT2D eigenvalue weighted by molar-refractivity contribution is 5.95. The molecular weight excluding hydrogens is 354 g/mol. The summed E-state index contributed by atoms with van der Waals surface area (Å²) in [5.74, 6) is 0.0399. The molecule has 0 saturated heterocycles. The number of halogens is 1. The summed E-state index contributed by atoms with van der Waals surface area (Å²) in [6.07, 6.45) is 0. The van der Waals surface area contributed by atoms with Crippen molar-refractivity contribution < 1.29 is 14.3 Å². The molecular formula is C19H24ClN3O3. The van der Waals surface area contributed by atoms with E-state index in [4.69, 9.17) is 10.5 Å². The van der Waals surface area contributed by atoms with Gasteiger partial charge in [-0.3, -0.25) is 9.59 Å². The summed E-state index contributed by atoms with van der Waals surface area (Å²) in [5, 5.41) is 2.77. The SMILES string of the molecule is Cc1ccc(C(N)C(=O)Nc2cccc(OCC(=O)N(C)C)c2)cc1.Cl. The molecule has 7 heteroatoms. The molecule has 0 aliphatic heterocycles. The Labute approximate surface area is 159 Å². The molecule has 0 aliphatic carbocycles. The molecule has 0 radical (unpaired) electrons. The second kappa shape index (κ2) is 9.79. The van der Waals surface area contributed by atoms with Crippen LogP contribution in [-0.2, 0) is 9.59 Å². The van der Waals surface area contributed by atoms with E-state index in [1.54, 1.807) is 38.4 Å². The second-order valence-corrected chi connectivity index (χ2v) is 5.98. The number of rotatable bonds is 6. The Balaban J connectivity index is 0.00000338. The van der Waals surface area contributed by atoms with Crippen LogP contribution in [-0.4, -0.2) is 37.4 Å². The van der Waals surface area contributed by atoms with Gasteiger partial charge in [0.2, 0.25) is 5.91 Å². The molecule has 0 saturated carbocycles. The fourth-order valence-corrected chi connectivity index (χ4v) is 2.08. The maximum Gasteiger partial charge on any atom is 0.259 e. The molecule has 2 amide bonds. The van der Waals surface area contributed by atoms with Crippen LogP contribution in [0.3, 0.4) is 0 Å². The standard InChI is InChI=1S/C19H23N3O3.ClH/c1-13-7-9-14(10-8-13)18(20)19(24)21-15-5-4-6-16(11-15)25-12-17(23)22(2)3;/h4-11,18H,12,20H2,1-3H3,(H,21,24);1H. The van der Waals surface area contributed by atoms with E-state index in [2.05, 4.69) is 5.32 Å². The van der Waals surface area contributed by atoms with Gasteiger partial charge in [-0.1, -0.05) is 35.9 Å². The first-order chi connectivity index (χ1) is 11.9. The van der Waals surface area contributed by atoms with Gasteiger partial charge in [0.05, 0.1) is 0 Å². The lowest BCUT2D eigenvalue weighted by atomic mass is 10.1. The van der Waals surface area contributed by atoms with Gasteiger partial charge in [0.25, 0.3) is 5.91 Å². The van der Waals surface area contributed by atoms with Crippen LogP contribution in [0.25, 0.3) is 0 Å². The third-order valence-electron chi connectivity index (χ3n) is 3.68. The Morgan fingerprint density at radius 1 is 1.15 bits per heavy atom. The highest BCUT2D eigenvalue weighted by atomic mass is 35.5. The molecule has 0 aliphatic rings. The van der Waals surface area contributed by atoms with Crippen LogP contribution in [0.5, 0.6) is 5.75 Å². The maximum absolute atomic E-state index is 12.3. The minimum Gasteiger partial charge on any atom is -0.484 e. The Bertz CT molecular complexity index is 748. The van der Waals surface area contributed by atoms with Crippen LogP contribution in [0, 0.1) is 6.92 Å². The summed E-state index contributed by atoms with van der Waals surface area (Å²) in [6, 6.07) is 13.6. The Morgan fingerprint density at radius 3 is 2.42 bits per heavy atom. The van der Waals surface area contributed by atoms with E-state index in [0.717, 1.165) is 11.1 Å². The smallest absolute Gasteiger partial charge is 0.259 e. The third kappa shape index (κ3) is 6.06. The van der Waals surface area contributed by atoms with Crippen molar-refractivity contribution >= 4 is 29.9 Å². The zero-order valence-electron chi connectivity index (χ0n) is 15.1. The fourth-order valence-electron chi connectivity index (χ4n) is 2.08. The fraction of sp³-hybridized carbons (Fsp3) is 0.263. The van der Waals surface area contributed by atoms with Crippen molar-refractivity contribution in [3.63, 3.8) is 0 Å². The highest BCUT2D eigenvalue weighted by Gasteiger charge is 2.16. The van der Waals surface area contributed by atoms with E-state index in [1.165, 1.54) is 4.90 Å². The molecule has 0 heterocycles. The predicted octanol–water partition coefficient (Wildman–Crippen LogP) is 2.52. The molecule has 2 aromatic carbocycles. The number of nitrogens with one attached hydrogen (secondary N) is 1. The van der Waals surface area contributed by atoms with Gasteiger partial charge in [0, 0.05) is 25.8 Å². The number of ether oxygens (including phenoxy) is 1. The summed E-state index contributed by atoms with van der Waals surface area (Å²) < 4.78 is 5.44. The van der Waals surface area contributed by atoms with Crippen molar-refractivity contribution in [2.75, 3.05) is 26.0 Å². The average molecular weight is 378 g/mol. The number of amides is 2. The lowest BCUT2D eigenvalue weighted by Gasteiger charge is -2.14. The number of nitrogens with two attached hydrogens (primary N) is 1. The van der Waals surface area contributed by atoms with Crippen LogP contribution in [0.4, 0.5) is 5.69 Å². The topological polar surface area (TPSA) is 84.7 Å². The minimum atomic E-state index is -0.763. The van der Waals surface area contributed by atoms with Gasteiger partial charge >= 0.3 is 0 Å². The third-order valence-corrected chi connectivity index (χ3v) is 3.68. The van der Waals surface area contributed by atoms with E-state index in [1.807, 2.05) is 31.2 Å². The number of hydrogen-bond acceptors (Lipinski definition) is 4. The van der Waals surface area contributed by atoms with Gasteiger partial charge in [-0.2, -0.15) is 0 Å². The van der Waals surface area contributed by atoms with Crippen LogP contribution < -0.4 is 15.8 Å². The number of aryl methyl sites for hydroxylation is 1. The van der Waals surface area contributed by atoms with E-state index < -0.39 is 6.04 Å². The molecule has 2 rings (SSSR count). The normalized spacial score (nSPS) is 11.1. The molecule has 140 valence electrons. The first-order valence-electron chi connectivity index (χ1n) is 7.93. The van der Waals surface area contributed by atoms with Crippen molar-refractivity contribution in [3.8, 4) is 5.75 Å². The number of likely N-dealkylation sites (N-methyl/N-ethyl adjacent to an activating group) is 1. The van der Waals surface area contributed by atoms with Crippen LogP contribution in [0.1, 0.15) is 17.2 Å². The van der Waals surface area contributed by atoms with Gasteiger partial charge < -0.3 is 20.7 Å². The van der Waals surface area contributed by atoms with Gasteiger partial charge in [-0.25, -0.2) is 0 Å². The van der Waals surface area contributed by atoms with E-state index in [-0.39, 0.29) is 30.8 Å². The van der Waals surface area contributed by atoms with E-state index >= 15 is 0 Å². The van der Waals surface area contributed by atoms with Crippen molar-refractivity contribution in [1.82, 2.24) is 4.90 Å². The van der Waals surface area contributed by atoms with Gasteiger partial charge in [0.15, 0.2) is 6.61 Å². The van der Waals surface area contributed by atoms with E-state index in [0.29, 0.717) is 11.4 Å². The summed E-state index contributed by atoms with van der Waals surface area (Å²) >= 11 is 0. The Morgan fingerprint density at radius 2 is 1.81 bits per heavy atom. The molecule has 0 fully saturated rings. The summed E-state index contributed by atoms with van der Waals surface area (Å²) in [7, 11) is 3.32. The second-order valence-electron chi connectivity index (χ2n) is 5.98. The predicted molar refractivity (Wildman–Crippen MR) is 105 cm³/mol. The number of carbonyl (C=O) groups excluding carboxylic acids is 2. The van der Waals surface area contributed by atoms with Crippen molar-refractivity contribution in [1.29, 1.82) is 0 Å². The number of benzene rings is 2. The maximum atomic E-state index is 12.3. The molecule has 1 unspecified atom stereocenters. The van der Waals surface area contributed by atoms with Crippen LogP contribution in [0.15, 0.2) is 48.5 Å². The Kier molecular flexibility index (Phi) is 8.09. The Hall–Kier alpha value is -2.57. The van der Waals surface area contributed by atoms with E-state index in [9.17, 15) is 9.59 Å². The molecule has 0 bridgehead atoms. The number of hydrogen-bond donors (Lipinski definition) is 2. The number of anilines is 1. The molecule has 3 N–H and O–H groups in total. The summed E-state index contributed by atoms with van der Waals surface area (Å²) in [4.78, 5) is 25.3. The van der Waals surface area contributed by atoms with Gasteiger partial charge in [0.1, 0.15) is 11.8 Å². The average Bonchev–Trinajstić information content (AvgIpc) is 2.60. The molecule has 6 nitrogen and oxygen atoms in total. The van der Waals surface area contributed by atoms with Crippen LogP contribution >= 0.6 is 12.4 Å². The largest absolute Gasteiger partial charge is 0.484 e. The van der Waals surface area contributed by atoms with Crippen molar-refractivity contribution in [2.45, 2.75) is 13.0 Å². The molecule has 1 atom stereocenters. The van der Waals surface area contributed by atoms with Crippen LogP contribution in [0.2, 0.25) is 0 Å². The molecule has 2 aromatic rings. The summed E-state index contributed by atoms with van der Waals surface area (Å²) in [6.45, 7) is 1.91. The molecule has 0 aromatic heterocycles. The lowest BCUT2D eigenvalue weighted by Crippen LogP contribution is -2.28. The van der Waals surface area contributed by atoms with Crippen molar-refractivity contribution in [2.24, 2.45) is 5.73 Å². The number of nitrogens with zero attached hydrogens (tertiary/aromatic N) is 1. The zero-order valence-corrected chi connectivity index (χ0v) is 15.9. The first-order valence-corrected chi connectivity index (χ1v) is 7.93. The minimum absolute atomic E-state index is 0. The lowest BCUT2D eigenvalue weighted by molar-refractivity contribution is -0.130. The monoisotopic (exact) mass is 377 g/mol. The number of carbonyl (C=O) groups is 2. The quantitative estimate of drug-likeness (QED) is 0.810. The first kappa shape index (κ1) is 21.5. The highest BCUT2D eigenvalue weighted by Crippen LogP contribution is 2.19.